The highest BCUT2D eigenvalue weighted by atomic mass is 16.5. The van der Waals surface area contributed by atoms with Crippen molar-refractivity contribution in [1.29, 1.82) is 0 Å². The van der Waals surface area contributed by atoms with Gasteiger partial charge in [0.05, 0.1) is 17.5 Å². The third kappa shape index (κ3) is 4.11. The first-order valence-electron chi connectivity index (χ1n) is 8.18. The number of benzene rings is 1. The standard InChI is InChI=1S/C17H25N5O2/c1-5-15-16(17(23)19-12(4)10-18)20-21-22(15)13-6-8-14(9-7-13)24-11(2)3/h6-9,11-12H,5,10,18H2,1-4H3,(H,19,23)/t12-/m0/s1. The highest BCUT2D eigenvalue weighted by Crippen LogP contribution is 2.19. The summed E-state index contributed by atoms with van der Waals surface area (Å²) in [4.78, 5) is 12.3. The quantitative estimate of drug-likeness (QED) is 0.805. The average Bonchev–Trinajstić information content (AvgIpc) is 2.98. The normalized spacial score (nSPS) is 12.2. The van der Waals surface area contributed by atoms with Gasteiger partial charge in [-0.25, -0.2) is 4.68 Å². The van der Waals surface area contributed by atoms with E-state index in [2.05, 4.69) is 15.6 Å². The van der Waals surface area contributed by atoms with E-state index in [9.17, 15) is 4.79 Å². The highest BCUT2D eigenvalue weighted by Gasteiger charge is 2.20. The second-order valence-electron chi connectivity index (χ2n) is 5.92. The molecule has 1 heterocycles. The van der Waals surface area contributed by atoms with Crippen LogP contribution in [0.4, 0.5) is 0 Å². The predicted molar refractivity (Wildman–Crippen MR) is 92.5 cm³/mol. The second kappa shape index (κ2) is 7.92. The number of nitrogens with two attached hydrogens (primary N) is 1. The monoisotopic (exact) mass is 331 g/mol. The summed E-state index contributed by atoms with van der Waals surface area (Å²) in [6, 6.07) is 7.45. The Balaban J connectivity index is 2.26. The number of carbonyl (C=O) groups excluding carboxylic acids is 1. The minimum atomic E-state index is -0.254. The Bertz CT molecular complexity index is 679. The van der Waals surface area contributed by atoms with E-state index in [1.165, 1.54) is 0 Å². The van der Waals surface area contributed by atoms with Crippen molar-refractivity contribution < 1.29 is 9.53 Å². The molecule has 0 saturated heterocycles. The molecule has 3 N–H and O–H groups in total. The van der Waals surface area contributed by atoms with Gasteiger partial charge >= 0.3 is 0 Å². The van der Waals surface area contributed by atoms with E-state index in [0.29, 0.717) is 18.7 Å². The van der Waals surface area contributed by atoms with Crippen LogP contribution in [0.2, 0.25) is 0 Å². The summed E-state index contributed by atoms with van der Waals surface area (Å²) in [7, 11) is 0. The fourth-order valence-electron chi connectivity index (χ4n) is 2.29. The molecule has 0 aliphatic heterocycles. The van der Waals surface area contributed by atoms with Crippen LogP contribution >= 0.6 is 0 Å². The molecule has 24 heavy (non-hydrogen) atoms. The highest BCUT2D eigenvalue weighted by molar-refractivity contribution is 5.93. The fraction of sp³-hybridized carbons (Fsp3) is 0.471. The van der Waals surface area contributed by atoms with Crippen molar-refractivity contribution >= 4 is 5.91 Å². The minimum absolute atomic E-state index is 0.111. The molecule has 2 aromatic rings. The maximum Gasteiger partial charge on any atom is 0.274 e. The van der Waals surface area contributed by atoms with Crippen LogP contribution in [0.15, 0.2) is 24.3 Å². The Hall–Kier alpha value is -2.41. The Morgan fingerprint density at radius 3 is 2.50 bits per heavy atom. The molecule has 2 rings (SSSR count). The molecule has 0 bridgehead atoms. The van der Waals surface area contributed by atoms with Crippen LogP contribution in [-0.4, -0.2) is 39.6 Å². The molecule has 0 aliphatic carbocycles. The van der Waals surface area contributed by atoms with Gasteiger partial charge in [0.1, 0.15) is 5.75 Å². The summed E-state index contributed by atoms with van der Waals surface area (Å²) in [5, 5.41) is 11.0. The van der Waals surface area contributed by atoms with Gasteiger partial charge in [-0.2, -0.15) is 0 Å². The van der Waals surface area contributed by atoms with Crippen LogP contribution in [0, 0.1) is 0 Å². The van der Waals surface area contributed by atoms with E-state index in [1.54, 1.807) is 4.68 Å². The van der Waals surface area contributed by atoms with Crippen LogP contribution in [-0.2, 0) is 6.42 Å². The van der Waals surface area contributed by atoms with Gasteiger partial charge in [-0.3, -0.25) is 4.79 Å². The number of ether oxygens (including phenoxy) is 1. The first kappa shape index (κ1) is 17.9. The molecule has 1 atom stereocenters. The van der Waals surface area contributed by atoms with Gasteiger partial charge in [0.2, 0.25) is 0 Å². The van der Waals surface area contributed by atoms with Crippen LogP contribution in [0.5, 0.6) is 5.75 Å². The van der Waals surface area contributed by atoms with Crippen molar-refractivity contribution in [3.8, 4) is 11.4 Å². The fourth-order valence-corrected chi connectivity index (χ4v) is 2.29. The van der Waals surface area contributed by atoms with E-state index in [4.69, 9.17) is 10.5 Å². The van der Waals surface area contributed by atoms with Crippen molar-refractivity contribution in [2.24, 2.45) is 5.73 Å². The molecular weight excluding hydrogens is 306 g/mol. The molecule has 7 heteroatoms. The summed E-state index contributed by atoms with van der Waals surface area (Å²) < 4.78 is 7.32. The van der Waals surface area contributed by atoms with E-state index in [0.717, 1.165) is 17.1 Å². The van der Waals surface area contributed by atoms with E-state index in [1.807, 2.05) is 52.0 Å². The van der Waals surface area contributed by atoms with Crippen molar-refractivity contribution in [2.45, 2.75) is 46.3 Å². The van der Waals surface area contributed by atoms with Crippen LogP contribution < -0.4 is 15.8 Å². The number of hydrogen-bond donors (Lipinski definition) is 2. The smallest absolute Gasteiger partial charge is 0.274 e. The molecule has 0 spiro atoms. The maximum absolute atomic E-state index is 12.3. The third-order valence-electron chi connectivity index (χ3n) is 3.50. The number of nitrogens with one attached hydrogen (secondary N) is 1. The van der Waals surface area contributed by atoms with Gasteiger partial charge in [-0.05, 0) is 51.5 Å². The Kier molecular flexibility index (Phi) is 5.92. The topological polar surface area (TPSA) is 95.1 Å². The van der Waals surface area contributed by atoms with Crippen molar-refractivity contribution in [1.82, 2.24) is 20.3 Å². The largest absolute Gasteiger partial charge is 0.491 e. The zero-order valence-electron chi connectivity index (χ0n) is 14.6. The first-order valence-corrected chi connectivity index (χ1v) is 8.18. The predicted octanol–water partition coefficient (Wildman–Crippen LogP) is 1.69. The van der Waals surface area contributed by atoms with Gasteiger partial charge in [0.25, 0.3) is 5.91 Å². The molecule has 0 unspecified atom stereocenters. The number of hydrogen-bond acceptors (Lipinski definition) is 5. The molecule has 0 fully saturated rings. The lowest BCUT2D eigenvalue weighted by Gasteiger charge is -2.12. The first-order chi connectivity index (χ1) is 11.5. The Morgan fingerprint density at radius 1 is 1.29 bits per heavy atom. The average molecular weight is 331 g/mol. The molecule has 0 radical (unpaired) electrons. The van der Waals surface area contributed by atoms with Crippen LogP contribution in [0.25, 0.3) is 5.69 Å². The molecule has 130 valence electrons. The lowest BCUT2D eigenvalue weighted by Crippen LogP contribution is -2.38. The molecule has 0 aliphatic rings. The molecule has 0 saturated carbocycles. The third-order valence-corrected chi connectivity index (χ3v) is 3.50. The van der Waals surface area contributed by atoms with Crippen molar-refractivity contribution in [2.75, 3.05) is 6.54 Å². The summed E-state index contributed by atoms with van der Waals surface area (Å²) in [6.07, 6.45) is 0.755. The van der Waals surface area contributed by atoms with E-state index >= 15 is 0 Å². The molecule has 1 amide bonds. The lowest BCUT2D eigenvalue weighted by atomic mass is 10.2. The van der Waals surface area contributed by atoms with E-state index < -0.39 is 0 Å². The maximum atomic E-state index is 12.3. The molecule has 1 aromatic heterocycles. The molecule has 7 nitrogen and oxygen atoms in total. The van der Waals surface area contributed by atoms with Gasteiger partial charge in [0.15, 0.2) is 5.69 Å². The Morgan fingerprint density at radius 2 is 1.96 bits per heavy atom. The Labute approximate surface area is 142 Å². The van der Waals surface area contributed by atoms with Crippen molar-refractivity contribution in [3.63, 3.8) is 0 Å². The van der Waals surface area contributed by atoms with Gasteiger partial charge in [0, 0.05) is 12.6 Å². The number of nitrogens with zero attached hydrogens (tertiary/aromatic N) is 3. The summed E-state index contributed by atoms with van der Waals surface area (Å²) in [5.41, 5.74) is 7.47. The SMILES string of the molecule is CCc1c(C(=O)N[C@@H](C)CN)nnn1-c1ccc(OC(C)C)cc1. The number of carbonyl (C=O) groups is 1. The van der Waals surface area contributed by atoms with Gasteiger partial charge < -0.3 is 15.8 Å². The van der Waals surface area contributed by atoms with Gasteiger partial charge in [-0.1, -0.05) is 12.1 Å². The second-order valence-corrected chi connectivity index (χ2v) is 5.92. The lowest BCUT2D eigenvalue weighted by molar-refractivity contribution is 0.0935. The minimum Gasteiger partial charge on any atom is -0.491 e. The van der Waals surface area contributed by atoms with Crippen LogP contribution in [0.1, 0.15) is 43.9 Å². The summed E-state index contributed by atoms with van der Waals surface area (Å²) >= 11 is 0. The molecule has 1 aromatic carbocycles. The molecular formula is C17H25N5O2. The van der Waals surface area contributed by atoms with Crippen molar-refractivity contribution in [3.05, 3.63) is 35.7 Å². The van der Waals surface area contributed by atoms with Gasteiger partial charge in [-0.15, -0.1) is 5.10 Å². The summed E-state index contributed by atoms with van der Waals surface area (Å²) in [5.74, 6) is 0.539. The summed E-state index contributed by atoms with van der Waals surface area (Å²) in [6.45, 7) is 8.15. The van der Waals surface area contributed by atoms with Crippen LogP contribution in [0.3, 0.4) is 0 Å². The zero-order valence-corrected chi connectivity index (χ0v) is 14.6. The zero-order chi connectivity index (χ0) is 17.7. The number of rotatable bonds is 7. The number of aromatic nitrogens is 3. The number of amides is 1. The van der Waals surface area contributed by atoms with E-state index in [-0.39, 0.29) is 18.1 Å².